The first-order valence-electron chi connectivity index (χ1n) is 8.74. The molecule has 1 aliphatic carbocycles. The van der Waals surface area contributed by atoms with Crippen LogP contribution in [0.2, 0.25) is 0 Å². The number of aryl methyl sites for hydroxylation is 3. The van der Waals surface area contributed by atoms with Crippen molar-refractivity contribution in [3.8, 4) is 0 Å². The van der Waals surface area contributed by atoms with E-state index < -0.39 is 5.97 Å². The van der Waals surface area contributed by atoms with Crippen molar-refractivity contribution in [3.05, 3.63) is 34.9 Å². The number of rotatable bonds is 10. The van der Waals surface area contributed by atoms with Crippen molar-refractivity contribution >= 4 is 11.9 Å². The minimum Gasteiger partial charge on any atom is -0.481 e. The molecule has 0 aromatic heterocycles. The first-order chi connectivity index (χ1) is 11.1. The predicted molar refractivity (Wildman–Crippen MR) is 90.5 cm³/mol. The largest absolute Gasteiger partial charge is 0.481 e. The highest BCUT2D eigenvalue weighted by atomic mass is 16.4. The van der Waals surface area contributed by atoms with Gasteiger partial charge in [-0.25, -0.2) is 0 Å². The summed E-state index contributed by atoms with van der Waals surface area (Å²) in [4.78, 5) is 22.1. The quantitative estimate of drug-likeness (QED) is 0.651. The smallest absolute Gasteiger partial charge is 0.303 e. The summed E-state index contributed by atoms with van der Waals surface area (Å²) in [6.07, 6.45) is 8.68. The zero-order chi connectivity index (χ0) is 16.5. The molecule has 2 N–H and O–H groups in total. The number of carbonyl (C=O) groups excluding carboxylic acids is 1. The summed E-state index contributed by atoms with van der Waals surface area (Å²) >= 11 is 0. The van der Waals surface area contributed by atoms with E-state index >= 15 is 0 Å². The number of carboxylic acids is 1. The molecule has 4 nitrogen and oxygen atoms in total. The van der Waals surface area contributed by atoms with Crippen molar-refractivity contribution in [1.29, 1.82) is 0 Å². The number of carbonyl (C=O) groups is 2. The van der Waals surface area contributed by atoms with Crippen LogP contribution >= 0.6 is 0 Å². The number of aliphatic carboxylic acids is 1. The molecule has 0 radical (unpaired) electrons. The minimum absolute atomic E-state index is 0.101. The molecule has 0 saturated heterocycles. The molecule has 4 heteroatoms. The molecule has 0 bridgehead atoms. The predicted octanol–water partition coefficient (Wildman–Crippen LogP) is 3.26. The second-order valence-electron chi connectivity index (χ2n) is 6.36. The summed E-state index contributed by atoms with van der Waals surface area (Å²) in [5.74, 6) is -0.648. The van der Waals surface area contributed by atoms with Gasteiger partial charge in [0.05, 0.1) is 0 Å². The van der Waals surface area contributed by atoms with Crippen molar-refractivity contribution in [2.45, 2.75) is 64.2 Å². The second-order valence-corrected chi connectivity index (χ2v) is 6.36. The Kier molecular flexibility index (Phi) is 7.11. The summed E-state index contributed by atoms with van der Waals surface area (Å²) in [7, 11) is 0. The topological polar surface area (TPSA) is 66.4 Å². The average molecular weight is 317 g/mol. The van der Waals surface area contributed by atoms with Gasteiger partial charge in [0.15, 0.2) is 0 Å². The molecule has 0 atom stereocenters. The highest BCUT2D eigenvalue weighted by Gasteiger charge is 2.10. The van der Waals surface area contributed by atoms with E-state index in [9.17, 15) is 9.59 Å². The Morgan fingerprint density at radius 2 is 1.83 bits per heavy atom. The van der Waals surface area contributed by atoms with Gasteiger partial charge < -0.3 is 10.4 Å². The average Bonchev–Trinajstić information content (AvgIpc) is 2.98. The molecule has 1 aromatic carbocycles. The number of fused-ring (bicyclic) bond motifs is 1. The van der Waals surface area contributed by atoms with Crippen LogP contribution < -0.4 is 5.32 Å². The highest BCUT2D eigenvalue weighted by molar-refractivity contribution is 5.75. The maximum atomic E-state index is 11.8. The van der Waals surface area contributed by atoms with Gasteiger partial charge in [-0.3, -0.25) is 9.59 Å². The van der Waals surface area contributed by atoms with Gasteiger partial charge in [-0.15, -0.1) is 0 Å². The number of nitrogens with one attached hydrogen (secondary N) is 1. The number of carboxylic acid groups (broad SMARTS) is 1. The number of benzene rings is 1. The molecule has 1 aliphatic rings. The maximum Gasteiger partial charge on any atom is 0.303 e. The van der Waals surface area contributed by atoms with E-state index in [0.29, 0.717) is 19.4 Å². The molecular formula is C19H27NO3. The van der Waals surface area contributed by atoms with Crippen LogP contribution in [0.5, 0.6) is 0 Å². The molecule has 1 amide bonds. The van der Waals surface area contributed by atoms with E-state index in [1.165, 1.54) is 36.0 Å². The molecule has 0 heterocycles. The summed E-state index contributed by atoms with van der Waals surface area (Å²) in [6.45, 7) is 0.650. The van der Waals surface area contributed by atoms with Crippen molar-refractivity contribution in [1.82, 2.24) is 5.32 Å². The highest BCUT2D eigenvalue weighted by Crippen LogP contribution is 2.23. The van der Waals surface area contributed by atoms with Crippen LogP contribution in [0.4, 0.5) is 0 Å². The lowest BCUT2D eigenvalue weighted by Crippen LogP contribution is -2.24. The van der Waals surface area contributed by atoms with Crippen LogP contribution in [0.3, 0.4) is 0 Å². The normalized spacial score (nSPS) is 12.9. The Morgan fingerprint density at radius 1 is 1.00 bits per heavy atom. The van der Waals surface area contributed by atoms with E-state index in [1.54, 1.807) is 0 Å². The SMILES string of the molecule is O=C(O)CCCCCNC(=O)CCCc1ccc2c(c1)CCC2. The van der Waals surface area contributed by atoms with E-state index in [0.717, 1.165) is 25.7 Å². The van der Waals surface area contributed by atoms with Crippen molar-refractivity contribution in [2.24, 2.45) is 0 Å². The van der Waals surface area contributed by atoms with Crippen LogP contribution in [0, 0.1) is 0 Å². The zero-order valence-electron chi connectivity index (χ0n) is 13.8. The molecule has 0 fully saturated rings. The van der Waals surface area contributed by atoms with Gasteiger partial charge >= 0.3 is 5.97 Å². The van der Waals surface area contributed by atoms with E-state index in [-0.39, 0.29) is 12.3 Å². The first kappa shape index (κ1) is 17.5. The molecule has 0 aliphatic heterocycles. The van der Waals surface area contributed by atoms with E-state index in [4.69, 9.17) is 5.11 Å². The number of amides is 1. The van der Waals surface area contributed by atoms with Gasteiger partial charge in [0.25, 0.3) is 0 Å². The fourth-order valence-electron chi connectivity index (χ4n) is 3.13. The third-order valence-corrected chi connectivity index (χ3v) is 4.42. The summed E-state index contributed by atoms with van der Waals surface area (Å²) in [5, 5.41) is 11.4. The monoisotopic (exact) mass is 317 g/mol. The van der Waals surface area contributed by atoms with Crippen LogP contribution in [-0.4, -0.2) is 23.5 Å². The van der Waals surface area contributed by atoms with Gasteiger partial charge in [-0.05, 0) is 61.6 Å². The lowest BCUT2D eigenvalue weighted by Gasteiger charge is -2.06. The van der Waals surface area contributed by atoms with Gasteiger partial charge in [0.2, 0.25) is 5.91 Å². The standard InChI is InChI=1S/C19H27NO3/c21-18(20-13-3-1-2-10-19(22)23)9-4-6-15-11-12-16-7-5-8-17(16)14-15/h11-12,14H,1-10,13H2,(H,20,21)(H,22,23). The maximum absolute atomic E-state index is 11.8. The lowest BCUT2D eigenvalue weighted by atomic mass is 10.0. The van der Waals surface area contributed by atoms with Gasteiger partial charge in [0, 0.05) is 19.4 Å². The lowest BCUT2D eigenvalue weighted by molar-refractivity contribution is -0.137. The van der Waals surface area contributed by atoms with Gasteiger partial charge in [-0.1, -0.05) is 24.6 Å². The Balaban J connectivity index is 1.54. The third-order valence-electron chi connectivity index (χ3n) is 4.42. The Labute approximate surface area is 138 Å². The van der Waals surface area contributed by atoms with Gasteiger partial charge in [-0.2, -0.15) is 0 Å². The van der Waals surface area contributed by atoms with E-state index in [2.05, 4.69) is 23.5 Å². The summed E-state index contributed by atoms with van der Waals surface area (Å²) < 4.78 is 0. The van der Waals surface area contributed by atoms with Crippen molar-refractivity contribution in [3.63, 3.8) is 0 Å². The minimum atomic E-state index is -0.749. The van der Waals surface area contributed by atoms with Gasteiger partial charge in [0.1, 0.15) is 0 Å². The molecule has 23 heavy (non-hydrogen) atoms. The number of unbranched alkanes of at least 4 members (excludes halogenated alkanes) is 2. The third kappa shape index (κ3) is 6.43. The van der Waals surface area contributed by atoms with E-state index in [1.807, 2.05) is 0 Å². The number of hydrogen-bond donors (Lipinski definition) is 2. The molecule has 1 aromatic rings. The second kappa shape index (κ2) is 9.33. The Hall–Kier alpha value is -1.84. The molecule has 0 saturated carbocycles. The summed E-state index contributed by atoms with van der Waals surface area (Å²) in [6, 6.07) is 6.75. The fourth-order valence-corrected chi connectivity index (χ4v) is 3.13. The molecule has 0 spiro atoms. The first-order valence-corrected chi connectivity index (χ1v) is 8.74. The van der Waals surface area contributed by atoms with Crippen LogP contribution in [0.15, 0.2) is 18.2 Å². The van der Waals surface area contributed by atoms with Crippen LogP contribution in [0.25, 0.3) is 0 Å². The fraction of sp³-hybridized carbons (Fsp3) is 0.579. The van der Waals surface area contributed by atoms with Crippen molar-refractivity contribution < 1.29 is 14.7 Å². The molecular weight excluding hydrogens is 290 g/mol. The Morgan fingerprint density at radius 3 is 2.65 bits per heavy atom. The molecule has 2 rings (SSSR count). The Bertz CT molecular complexity index is 539. The zero-order valence-corrected chi connectivity index (χ0v) is 13.8. The van der Waals surface area contributed by atoms with Crippen LogP contribution in [0.1, 0.15) is 61.6 Å². The number of hydrogen-bond acceptors (Lipinski definition) is 2. The van der Waals surface area contributed by atoms with Crippen molar-refractivity contribution in [2.75, 3.05) is 6.54 Å². The molecule has 126 valence electrons. The van der Waals surface area contributed by atoms with Crippen LogP contribution in [-0.2, 0) is 28.9 Å². The summed E-state index contributed by atoms with van der Waals surface area (Å²) in [5.41, 5.74) is 4.33. The molecule has 0 unspecified atom stereocenters.